The Morgan fingerprint density at radius 1 is 1.39 bits per heavy atom. The first kappa shape index (κ1) is 19.4. The van der Waals surface area contributed by atoms with E-state index in [1.165, 1.54) is 6.07 Å². The van der Waals surface area contributed by atoms with E-state index in [1.54, 1.807) is 13.0 Å². The molecule has 2 aliphatic rings. The standard InChI is InChI=1S/C23H31FN2O2/c1-13(18-12-25-20-6-5-19(24)15(3)22(18)20)7-21(27)26-14(2)8-16-9-17(26)11-23(4,28)10-16/h5-6,12-14,16-17,25,28H,7-11H2,1-4H3. The van der Waals surface area contributed by atoms with Crippen LogP contribution >= 0.6 is 0 Å². The summed E-state index contributed by atoms with van der Waals surface area (Å²) in [6, 6.07) is 3.57. The fourth-order valence-electron chi connectivity index (χ4n) is 5.83. The zero-order valence-corrected chi connectivity index (χ0v) is 17.3. The van der Waals surface area contributed by atoms with Gasteiger partial charge in [0.2, 0.25) is 5.91 Å². The Balaban J connectivity index is 1.56. The molecule has 2 bridgehead atoms. The predicted octanol–water partition coefficient (Wildman–Crippen LogP) is 4.65. The topological polar surface area (TPSA) is 56.3 Å². The molecule has 0 spiro atoms. The van der Waals surface area contributed by atoms with Crippen LogP contribution in [-0.4, -0.2) is 38.6 Å². The number of carbonyl (C=O) groups excluding carboxylic acids is 1. The van der Waals surface area contributed by atoms with Crippen molar-refractivity contribution < 1.29 is 14.3 Å². The lowest BCUT2D eigenvalue weighted by Crippen LogP contribution is -2.57. The van der Waals surface area contributed by atoms with Crippen LogP contribution in [0.5, 0.6) is 0 Å². The molecule has 2 aromatic rings. The number of aromatic amines is 1. The van der Waals surface area contributed by atoms with Gasteiger partial charge in [-0.2, -0.15) is 0 Å². The smallest absolute Gasteiger partial charge is 0.223 e. The minimum Gasteiger partial charge on any atom is -0.390 e. The van der Waals surface area contributed by atoms with Crippen molar-refractivity contribution in [1.82, 2.24) is 9.88 Å². The van der Waals surface area contributed by atoms with Crippen molar-refractivity contribution >= 4 is 16.8 Å². The maximum Gasteiger partial charge on any atom is 0.223 e. The third-order valence-corrected chi connectivity index (χ3v) is 6.92. The van der Waals surface area contributed by atoms with E-state index in [0.29, 0.717) is 24.3 Å². The number of nitrogens with one attached hydrogen (secondary N) is 1. The van der Waals surface area contributed by atoms with Crippen molar-refractivity contribution in [3.05, 3.63) is 35.3 Å². The molecule has 4 nitrogen and oxygen atoms in total. The van der Waals surface area contributed by atoms with Crippen molar-refractivity contribution in [2.24, 2.45) is 5.92 Å². The number of H-pyrrole nitrogens is 1. The number of hydrogen-bond acceptors (Lipinski definition) is 2. The number of hydrogen-bond donors (Lipinski definition) is 2. The molecule has 1 aromatic carbocycles. The zero-order chi connectivity index (χ0) is 20.2. The van der Waals surface area contributed by atoms with Gasteiger partial charge in [-0.15, -0.1) is 0 Å². The minimum absolute atomic E-state index is 0.00391. The van der Waals surface area contributed by atoms with Crippen LogP contribution in [-0.2, 0) is 4.79 Å². The number of benzene rings is 1. The molecule has 152 valence electrons. The number of aliphatic hydroxyl groups is 1. The quantitative estimate of drug-likeness (QED) is 0.807. The summed E-state index contributed by atoms with van der Waals surface area (Å²) in [5.41, 5.74) is 1.86. The third-order valence-electron chi connectivity index (χ3n) is 6.92. The van der Waals surface area contributed by atoms with E-state index in [2.05, 4.69) is 11.9 Å². The van der Waals surface area contributed by atoms with Gasteiger partial charge < -0.3 is 15.0 Å². The SMILES string of the molecule is Cc1c(F)ccc2[nH]cc(C(C)CC(=O)N3C(C)CC4CC3CC(C)(O)C4)c12. The molecule has 2 heterocycles. The Morgan fingerprint density at radius 3 is 2.89 bits per heavy atom. The van der Waals surface area contributed by atoms with Crippen LogP contribution in [0.3, 0.4) is 0 Å². The number of aromatic nitrogens is 1. The van der Waals surface area contributed by atoms with E-state index < -0.39 is 5.60 Å². The van der Waals surface area contributed by atoms with Crippen LogP contribution in [0.15, 0.2) is 18.3 Å². The summed E-state index contributed by atoms with van der Waals surface area (Å²) in [6.07, 6.45) is 5.77. The largest absolute Gasteiger partial charge is 0.390 e. The first-order valence-electron chi connectivity index (χ1n) is 10.5. The van der Waals surface area contributed by atoms with Crippen molar-refractivity contribution in [2.45, 2.75) is 83.4 Å². The van der Waals surface area contributed by atoms with Gasteiger partial charge in [0.05, 0.1) is 5.60 Å². The second kappa shape index (κ2) is 6.87. The molecular formula is C23H31FN2O2. The lowest BCUT2D eigenvalue weighted by molar-refractivity contribution is -0.146. The summed E-state index contributed by atoms with van der Waals surface area (Å²) in [4.78, 5) is 18.5. The van der Waals surface area contributed by atoms with Crippen LogP contribution in [0.25, 0.3) is 10.9 Å². The van der Waals surface area contributed by atoms with E-state index in [0.717, 1.165) is 35.7 Å². The molecule has 2 fully saturated rings. The number of amides is 1. The number of carbonyl (C=O) groups is 1. The number of rotatable bonds is 3. The highest BCUT2D eigenvalue weighted by Gasteiger charge is 2.45. The summed E-state index contributed by atoms with van der Waals surface area (Å²) >= 11 is 0. The summed E-state index contributed by atoms with van der Waals surface area (Å²) in [5.74, 6) is 0.428. The number of nitrogens with zero attached hydrogens (tertiary/aromatic N) is 1. The number of piperidine rings is 1. The van der Waals surface area contributed by atoms with Crippen LogP contribution in [0.1, 0.15) is 69.9 Å². The highest BCUT2D eigenvalue weighted by Crippen LogP contribution is 2.43. The van der Waals surface area contributed by atoms with Gasteiger partial charge in [-0.3, -0.25) is 4.79 Å². The number of likely N-dealkylation sites (tertiary alicyclic amines) is 1. The highest BCUT2D eigenvalue weighted by atomic mass is 19.1. The van der Waals surface area contributed by atoms with E-state index >= 15 is 0 Å². The Hall–Kier alpha value is -1.88. The lowest BCUT2D eigenvalue weighted by atomic mass is 9.70. The molecule has 1 aliphatic heterocycles. The Morgan fingerprint density at radius 2 is 2.14 bits per heavy atom. The van der Waals surface area contributed by atoms with E-state index in [4.69, 9.17) is 0 Å². The van der Waals surface area contributed by atoms with E-state index in [-0.39, 0.29) is 29.7 Å². The molecule has 1 amide bonds. The molecule has 5 atom stereocenters. The van der Waals surface area contributed by atoms with Gasteiger partial charge in [0, 0.05) is 35.6 Å². The first-order valence-corrected chi connectivity index (χ1v) is 10.5. The molecule has 0 radical (unpaired) electrons. The number of fused-ring (bicyclic) bond motifs is 3. The van der Waals surface area contributed by atoms with Crippen molar-refractivity contribution in [3.63, 3.8) is 0 Å². The highest BCUT2D eigenvalue weighted by molar-refractivity contribution is 5.88. The first-order chi connectivity index (χ1) is 13.2. The summed E-state index contributed by atoms with van der Waals surface area (Å²) in [7, 11) is 0. The fraction of sp³-hybridized carbons (Fsp3) is 0.609. The summed E-state index contributed by atoms with van der Waals surface area (Å²) in [6.45, 7) is 7.86. The second-order valence-electron chi connectivity index (χ2n) is 9.49. The average molecular weight is 387 g/mol. The van der Waals surface area contributed by atoms with E-state index in [9.17, 15) is 14.3 Å². The van der Waals surface area contributed by atoms with Crippen LogP contribution in [0, 0.1) is 18.7 Å². The molecule has 2 N–H and O–H groups in total. The average Bonchev–Trinajstić information content (AvgIpc) is 3.01. The van der Waals surface area contributed by atoms with Crippen molar-refractivity contribution in [1.29, 1.82) is 0 Å². The van der Waals surface area contributed by atoms with Crippen LogP contribution < -0.4 is 0 Å². The Kier molecular flexibility index (Phi) is 4.77. The molecule has 1 saturated carbocycles. The predicted molar refractivity (Wildman–Crippen MR) is 109 cm³/mol. The monoisotopic (exact) mass is 386 g/mol. The van der Waals surface area contributed by atoms with E-state index in [1.807, 2.05) is 24.9 Å². The van der Waals surface area contributed by atoms with Gasteiger partial charge in [0.1, 0.15) is 5.82 Å². The van der Waals surface area contributed by atoms with Gasteiger partial charge in [-0.25, -0.2) is 4.39 Å². The van der Waals surface area contributed by atoms with Crippen LogP contribution in [0.2, 0.25) is 0 Å². The number of aryl methyl sites for hydroxylation is 1. The Bertz CT molecular complexity index is 901. The Labute approximate surface area is 166 Å². The van der Waals surface area contributed by atoms with Gasteiger partial charge in [-0.05, 0) is 81.5 Å². The van der Waals surface area contributed by atoms with Crippen molar-refractivity contribution in [3.8, 4) is 0 Å². The molecule has 5 heteroatoms. The maximum absolute atomic E-state index is 14.1. The fourth-order valence-corrected chi connectivity index (χ4v) is 5.83. The molecule has 28 heavy (non-hydrogen) atoms. The molecule has 1 saturated heterocycles. The summed E-state index contributed by atoms with van der Waals surface area (Å²) in [5, 5.41) is 11.5. The molecule has 5 unspecified atom stereocenters. The second-order valence-corrected chi connectivity index (χ2v) is 9.49. The van der Waals surface area contributed by atoms with Crippen LogP contribution in [0.4, 0.5) is 4.39 Å². The molecular weight excluding hydrogens is 355 g/mol. The molecule has 1 aliphatic carbocycles. The maximum atomic E-state index is 14.1. The van der Waals surface area contributed by atoms with Gasteiger partial charge >= 0.3 is 0 Å². The lowest BCUT2D eigenvalue weighted by Gasteiger charge is -2.51. The normalized spacial score (nSPS) is 31.2. The van der Waals surface area contributed by atoms with Crippen molar-refractivity contribution in [2.75, 3.05) is 0 Å². The molecule has 4 rings (SSSR count). The third kappa shape index (κ3) is 3.34. The zero-order valence-electron chi connectivity index (χ0n) is 17.3. The molecule has 1 aromatic heterocycles. The van der Waals surface area contributed by atoms with Gasteiger partial charge in [0.25, 0.3) is 0 Å². The number of halogens is 1. The summed E-state index contributed by atoms with van der Waals surface area (Å²) < 4.78 is 14.1. The van der Waals surface area contributed by atoms with Gasteiger partial charge in [-0.1, -0.05) is 6.92 Å². The van der Waals surface area contributed by atoms with Gasteiger partial charge in [0.15, 0.2) is 0 Å². The minimum atomic E-state index is -0.677.